The van der Waals surface area contributed by atoms with Crippen molar-refractivity contribution >= 4 is 29.2 Å². The molecule has 0 saturated carbocycles. The second-order valence-corrected chi connectivity index (χ2v) is 5.48. The van der Waals surface area contributed by atoms with Crippen LogP contribution in [0.3, 0.4) is 0 Å². The molecule has 5 heteroatoms. The lowest BCUT2D eigenvalue weighted by atomic mass is 9.98. The normalized spacial score (nSPS) is 13.7. The van der Waals surface area contributed by atoms with Crippen LogP contribution < -0.4 is 4.90 Å². The van der Waals surface area contributed by atoms with Crippen LogP contribution in [0.1, 0.15) is 26.3 Å². The summed E-state index contributed by atoms with van der Waals surface area (Å²) in [6.07, 6.45) is 0.750. The van der Waals surface area contributed by atoms with E-state index in [1.165, 1.54) is 7.11 Å². The number of esters is 1. The zero-order valence-electron chi connectivity index (χ0n) is 12.0. The predicted molar refractivity (Wildman–Crippen MR) is 84.6 cm³/mol. The lowest BCUT2D eigenvalue weighted by Crippen LogP contribution is -2.37. The van der Waals surface area contributed by atoms with Crippen LogP contribution in [0, 0.1) is 0 Å². The SMILES string of the molecule is COC(=O)c1ccc(N2CCc3cc(Cl)ccc3C2=O)cc1. The summed E-state index contributed by atoms with van der Waals surface area (Å²) >= 11 is 5.97. The highest BCUT2D eigenvalue weighted by Gasteiger charge is 2.25. The highest BCUT2D eigenvalue weighted by Crippen LogP contribution is 2.26. The van der Waals surface area contributed by atoms with Gasteiger partial charge in [-0.05, 0) is 54.4 Å². The maximum atomic E-state index is 12.6. The summed E-state index contributed by atoms with van der Waals surface area (Å²) in [7, 11) is 1.34. The summed E-state index contributed by atoms with van der Waals surface area (Å²) in [5.41, 5.74) is 2.87. The van der Waals surface area contributed by atoms with Crippen molar-refractivity contribution in [1.29, 1.82) is 0 Å². The molecule has 0 atom stereocenters. The summed E-state index contributed by atoms with van der Waals surface area (Å²) in [6, 6.07) is 12.2. The van der Waals surface area contributed by atoms with Crippen molar-refractivity contribution in [3.63, 3.8) is 0 Å². The van der Waals surface area contributed by atoms with Gasteiger partial charge in [-0.3, -0.25) is 4.79 Å². The molecular formula is C17H14ClNO3. The van der Waals surface area contributed by atoms with E-state index in [-0.39, 0.29) is 5.91 Å². The van der Waals surface area contributed by atoms with Gasteiger partial charge in [-0.25, -0.2) is 4.79 Å². The molecule has 0 radical (unpaired) electrons. The Balaban J connectivity index is 1.89. The first kappa shape index (κ1) is 14.6. The summed E-state index contributed by atoms with van der Waals surface area (Å²) < 4.78 is 4.67. The Labute approximate surface area is 133 Å². The Morgan fingerprint density at radius 1 is 1.18 bits per heavy atom. The number of carbonyl (C=O) groups is 2. The highest BCUT2D eigenvalue weighted by molar-refractivity contribution is 6.30. The molecule has 0 fully saturated rings. The molecule has 1 aliphatic heterocycles. The second kappa shape index (κ2) is 5.81. The fourth-order valence-electron chi connectivity index (χ4n) is 2.60. The molecule has 0 aliphatic carbocycles. The standard InChI is InChI=1S/C17H14ClNO3/c1-22-17(21)11-2-5-14(6-3-11)19-9-8-12-10-13(18)4-7-15(12)16(19)20/h2-7,10H,8-9H2,1H3. The quantitative estimate of drug-likeness (QED) is 0.799. The number of anilines is 1. The van der Waals surface area contributed by atoms with E-state index in [4.69, 9.17) is 11.6 Å². The molecule has 22 heavy (non-hydrogen) atoms. The fourth-order valence-corrected chi connectivity index (χ4v) is 2.79. The summed E-state index contributed by atoms with van der Waals surface area (Å²) in [5, 5.41) is 0.641. The number of ether oxygens (including phenoxy) is 1. The van der Waals surface area contributed by atoms with Gasteiger partial charge in [0.15, 0.2) is 0 Å². The minimum absolute atomic E-state index is 0.0521. The molecule has 0 saturated heterocycles. The first-order valence-corrected chi connectivity index (χ1v) is 7.26. The van der Waals surface area contributed by atoms with Crippen LogP contribution in [0.5, 0.6) is 0 Å². The maximum absolute atomic E-state index is 12.6. The van der Waals surface area contributed by atoms with Gasteiger partial charge in [0.1, 0.15) is 0 Å². The zero-order valence-corrected chi connectivity index (χ0v) is 12.8. The van der Waals surface area contributed by atoms with E-state index in [0.717, 1.165) is 17.7 Å². The lowest BCUT2D eigenvalue weighted by molar-refractivity contribution is 0.0600. The molecule has 0 bridgehead atoms. The number of fused-ring (bicyclic) bond motifs is 1. The molecule has 112 valence electrons. The third-order valence-corrected chi connectivity index (χ3v) is 3.98. The van der Waals surface area contributed by atoms with Crippen LogP contribution in [0.2, 0.25) is 5.02 Å². The number of halogens is 1. The molecule has 1 amide bonds. The Morgan fingerprint density at radius 3 is 2.59 bits per heavy atom. The topological polar surface area (TPSA) is 46.6 Å². The molecule has 4 nitrogen and oxygen atoms in total. The van der Waals surface area contributed by atoms with Crippen molar-refractivity contribution < 1.29 is 14.3 Å². The Bertz CT molecular complexity index is 740. The second-order valence-electron chi connectivity index (χ2n) is 5.05. The largest absolute Gasteiger partial charge is 0.465 e. The van der Waals surface area contributed by atoms with Crippen LogP contribution in [-0.2, 0) is 11.2 Å². The fraction of sp³-hybridized carbons (Fsp3) is 0.176. The minimum atomic E-state index is -0.392. The third kappa shape index (κ3) is 2.57. The van der Waals surface area contributed by atoms with E-state index >= 15 is 0 Å². The smallest absolute Gasteiger partial charge is 0.337 e. The number of carbonyl (C=O) groups excluding carboxylic acids is 2. The molecule has 2 aromatic carbocycles. The highest BCUT2D eigenvalue weighted by atomic mass is 35.5. The van der Waals surface area contributed by atoms with Crippen molar-refractivity contribution in [2.45, 2.75) is 6.42 Å². The first-order valence-electron chi connectivity index (χ1n) is 6.89. The summed E-state index contributed by atoms with van der Waals surface area (Å²) in [6.45, 7) is 0.587. The van der Waals surface area contributed by atoms with Gasteiger partial charge in [-0.1, -0.05) is 11.6 Å². The monoisotopic (exact) mass is 315 g/mol. The van der Waals surface area contributed by atoms with Crippen molar-refractivity contribution in [1.82, 2.24) is 0 Å². The summed E-state index contributed by atoms with van der Waals surface area (Å²) in [5.74, 6) is -0.444. The van der Waals surface area contributed by atoms with Gasteiger partial charge in [0.2, 0.25) is 0 Å². The Hall–Kier alpha value is -2.33. The molecule has 2 aromatic rings. The number of hydrogen-bond donors (Lipinski definition) is 0. The van der Waals surface area contributed by atoms with Crippen LogP contribution in [-0.4, -0.2) is 25.5 Å². The number of amides is 1. The van der Waals surface area contributed by atoms with Crippen LogP contribution in [0.4, 0.5) is 5.69 Å². The number of hydrogen-bond acceptors (Lipinski definition) is 3. The van der Waals surface area contributed by atoms with Crippen molar-refractivity contribution in [3.05, 3.63) is 64.2 Å². The summed E-state index contributed by atoms with van der Waals surface area (Å²) in [4.78, 5) is 25.7. The van der Waals surface area contributed by atoms with E-state index in [1.807, 2.05) is 6.07 Å². The van der Waals surface area contributed by atoms with Gasteiger partial charge in [-0.15, -0.1) is 0 Å². The lowest BCUT2D eigenvalue weighted by Gasteiger charge is -2.28. The molecule has 0 spiro atoms. The molecule has 3 rings (SSSR count). The minimum Gasteiger partial charge on any atom is -0.465 e. The van der Waals surface area contributed by atoms with Gasteiger partial charge < -0.3 is 9.64 Å². The van der Waals surface area contributed by atoms with Gasteiger partial charge in [0.05, 0.1) is 12.7 Å². The Kier molecular flexibility index (Phi) is 3.86. The average molecular weight is 316 g/mol. The van der Waals surface area contributed by atoms with Gasteiger partial charge in [-0.2, -0.15) is 0 Å². The average Bonchev–Trinajstić information content (AvgIpc) is 2.54. The zero-order chi connectivity index (χ0) is 15.7. The van der Waals surface area contributed by atoms with Crippen LogP contribution >= 0.6 is 11.6 Å². The maximum Gasteiger partial charge on any atom is 0.337 e. The third-order valence-electron chi connectivity index (χ3n) is 3.75. The van der Waals surface area contributed by atoms with Gasteiger partial charge in [0, 0.05) is 22.8 Å². The number of benzene rings is 2. The molecule has 0 unspecified atom stereocenters. The van der Waals surface area contributed by atoms with Crippen LogP contribution in [0.25, 0.3) is 0 Å². The molecule has 1 aliphatic rings. The van der Waals surface area contributed by atoms with Gasteiger partial charge >= 0.3 is 5.97 Å². The van der Waals surface area contributed by atoms with Crippen LogP contribution in [0.15, 0.2) is 42.5 Å². The van der Waals surface area contributed by atoms with E-state index in [1.54, 1.807) is 41.3 Å². The molecule has 1 heterocycles. The number of rotatable bonds is 2. The van der Waals surface area contributed by atoms with E-state index < -0.39 is 5.97 Å². The first-order chi connectivity index (χ1) is 10.6. The molecular weight excluding hydrogens is 302 g/mol. The molecule has 0 N–H and O–H groups in total. The Morgan fingerprint density at radius 2 is 1.91 bits per heavy atom. The van der Waals surface area contributed by atoms with Crippen molar-refractivity contribution in [3.8, 4) is 0 Å². The molecule has 0 aromatic heterocycles. The number of nitrogens with zero attached hydrogens (tertiary/aromatic N) is 1. The predicted octanol–water partition coefficient (Wildman–Crippen LogP) is 3.33. The van der Waals surface area contributed by atoms with E-state index in [0.29, 0.717) is 22.7 Å². The van der Waals surface area contributed by atoms with E-state index in [2.05, 4.69) is 4.74 Å². The number of methoxy groups -OCH3 is 1. The van der Waals surface area contributed by atoms with E-state index in [9.17, 15) is 9.59 Å². The van der Waals surface area contributed by atoms with Crippen molar-refractivity contribution in [2.75, 3.05) is 18.6 Å². The van der Waals surface area contributed by atoms with Crippen molar-refractivity contribution in [2.24, 2.45) is 0 Å². The van der Waals surface area contributed by atoms with Gasteiger partial charge in [0.25, 0.3) is 5.91 Å².